The van der Waals surface area contributed by atoms with Crippen molar-refractivity contribution in [3.8, 4) is 0 Å². The first kappa shape index (κ1) is 9.25. The van der Waals surface area contributed by atoms with Crippen LogP contribution >= 0.6 is 0 Å². The average Bonchev–Trinajstić information content (AvgIpc) is 2.18. The number of nitrogens with zero attached hydrogens (tertiary/aromatic N) is 3. The summed E-state index contributed by atoms with van der Waals surface area (Å²) < 4.78 is 0. The first-order chi connectivity index (χ1) is 6.27. The third-order valence-corrected chi connectivity index (χ3v) is 1.51. The zero-order chi connectivity index (χ0) is 9.68. The second kappa shape index (κ2) is 4.25. The van der Waals surface area contributed by atoms with Crippen molar-refractivity contribution in [2.24, 2.45) is 10.8 Å². The Balaban J connectivity index is 3.04. The Hall–Kier alpha value is -1.84. The molecule has 0 spiro atoms. The summed E-state index contributed by atoms with van der Waals surface area (Å²) in [6.07, 6.45) is 0. The summed E-state index contributed by atoms with van der Waals surface area (Å²) >= 11 is 0. The molecular weight excluding hydrogens is 168 g/mol. The molecule has 0 saturated heterocycles. The maximum absolute atomic E-state index is 11.1. The van der Waals surface area contributed by atoms with E-state index in [1.165, 1.54) is 6.07 Å². The van der Waals surface area contributed by atoms with E-state index in [1.54, 1.807) is 18.2 Å². The van der Waals surface area contributed by atoms with Crippen molar-refractivity contribution in [1.29, 1.82) is 0 Å². The Morgan fingerprint density at radius 2 is 2.38 bits per heavy atom. The van der Waals surface area contributed by atoms with Crippen LogP contribution in [-0.4, -0.2) is 12.3 Å². The Kier molecular flexibility index (Phi) is 3.03. The van der Waals surface area contributed by atoms with Gasteiger partial charge in [0.2, 0.25) is 0 Å². The van der Waals surface area contributed by atoms with Gasteiger partial charge in [0.05, 0.1) is 6.54 Å². The third-order valence-electron chi connectivity index (χ3n) is 1.51. The number of hydrogen-bond donors (Lipinski definition) is 1. The fourth-order valence-corrected chi connectivity index (χ4v) is 0.911. The Bertz CT molecular complexity index is 368. The summed E-state index contributed by atoms with van der Waals surface area (Å²) in [7, 11) is 0. The van der Waals surface area contributed by atoms with E-state index in [-0.39, 0.29) is 12.3 Å². The molecule has 0 heterocycles. The van der Waals surface area contributed by atoms with Crippen molar-refractivity contribution < 1.29 is 4.79 Å². The second-order valence-electron chi connectivity index (χ2n) is 2.37. The summed E-state index contributed by atoms with van der Waals surface area (Å²) in [6.45, 7) is -0.0419. The molecule has 5 heteroatoms. The molecule has 1 aromatic rings. The van der Waals surface area contributed by atoms with Crippen LogP contribution in [0.25, 0.3) is 10.4 Å². The van der Waals surface area contributed by atoms with Crippen LogP contribution in [0.3, 0.4) is 0 Å². The zero-order valence-electron chi connectivity index (χ0n) is 6.84. The van der Waals surface area contributed by atoms with Crippen LogP contribution in [0.2, 0.25) is 0 Å². The van der Waals surface area contributed by atoms with Crippen molar-refractivity contribution in [3.63, 3.8) is 0 Å². The summed E-state index contributed by atoms with van der Waals surface area (Å²) in [5.41, 5.74) is 14.2. The SMILES string of the molecule is [N-]=[N+]=Nc1cccc(C(=O)CN)c1. The van der Waals surface area contributed by atoms with Crippen LogP contribution in [0.1, 0.15) is 10.4 Å². The van der Waals surface area contributed by atoms with Crippen LogP contribution in [0.15, 0.2) is 29.4 Å². The molecule has 0 unspecified atom stereocenters. The number of azide groups is 1. The van der Waals surface area contributed by atoms with Gasteiger partial charge in [0.1, 0.15) is 0 Å². The number of nitrogens with two attached hydrogens (primary N) is 1. The minimum absolute atomic E-state index is 0.0419. The van der Waals surface area contributed by atoms with Gasteiger partial charge in [-0.3, -0.25) is 4.79 Å². The molecular formula is C8H8N4O. The lowest BCUT2D eigenvalue weighted by atomic mass is 10.1. The van der Waals surface area contributed by atoms with E-state index in [2.05, 4.69) is 10.0 Å². The molecule has 0 radical (unpaired) electrons. The lowest BCUT2D eigenvalue weighted by Crippen LogP contribution is -2.13. The average molecular weight is 176 g/mol. The van der Waals surface area contributed by atoms with E-state index in [9.17, 15) is 4.79 Å². The van der Waals surface area contributed by atoms with Crippen molar-refractivity contribution in [3.05, 3.63) is 40.3 Å². The number of carbonyl (C=O) groups is 1. The summed E-state index contributed by atoms with van der Waals surface area (Å²) in [6, 6.07) is 6.40. The predicted molar refractivity (Wildman–Crippen MR) is 48.6 cm³/mol. The first-order valence-electron chi connectivity index (χ1n) is 3.66. The van der Waals surface area contributed by atoms with Crippen LogP contribution < -0.4 is 5.73 Å². The fraction of sp³-hybridized carbons (Fsp3) is 0.125. The van der Waals surface area contributed by atoms with Crippen LogP contribution in [0.5, 0.6) is 0 Å². The van der Waals surface area contributed by atoms with Crippen molar-refractivity contribution in [1.82, 2.24) is 0 Å². The molecule has 0 amide bonds. The van der Waals surface area contributed by atoms with Crippen molar-refractivity contribution in [2.75, 3.05) is 6.54 Å². The standard InChI is InChI=1S/C8H8N4O/c9-5-8(13)6-2-1-3-7(4-6)11-12-10/h1-4H,5,9H2. The monoisotopic (exact) mass is 176 g/mol. The van der Waals surface area contributed by atoms with E-state index >= 15 is 0 Å². The number of ketones is 1. The van der Waals surface area contributed by atoms with E-state index in [4.69, 9.17) is 11.3 Å². The van der Waals surface area contributed by atoms with Gasteiger partial charge in [0, 0.05) is 16.2 Å². The van der Waals surface area contributed by atoms with Crippen LogP contribution in [0, 0.1) is 0 Å². The van der Waals surface area contributed by atoms with Crippen LogP contribution in [-0.2, 0) is 0 Å². The Morgan fingerprint density at radius 3 is 3.00 bits per heavy atom. The molecule has 0 bridgehead atoms. The number of rotatable bonds is 3. The van der Waals surface area contributed by atoms with Crippen LogP contribution in [0.4, 0.5) is 5.69 Å². The molecule has 0 aliphatic carbocycles. The molecule has 0 atom stereocenters. The third kappa shape index (κ3) is 2.30. The molecule has 0 fully saturated rings. The summed E-state index contributed by atoms with van der Waals surface area (Å²) in [5, 5.41) is 3.37. The second-order valence-corrected chi connectivity index (χ2v) is 2.37. The molecule has 0 aliphatic rings. The molecule has 1 rings (SSSR count). The molecule has 0 saturated carbocycles. The van der Waals surface area contributed by atoms with Gasteiger partial charge in [0.15, 0.2) is 5.78 Å². The van der Waals surface area contributed by atoms with E-state index in [1.807, 2.05) is 0 Å². The smallest absolute Gasteiger partial charge is 0.176 e. The van der Waals surface area contributed by atoms with Crippen molar-refractivity contribution >= 4 is 11.5 Å². The molecule has 13 heavy (non-hydrogen) atoms. The van der Waals surface area contributed by atoms with E-state index < -0.39 is 0 Å². The summed E-state index contributed by atoms with van der Waals surface area (Å²) in [4.78, 5) is 13.7. The zero-order valence-corrected chi connectivity index (χ0v) is 6.84. The highest BCUT2D eigenvalue weighted by atomic mass is 16.1. The highest BCUT2D eigenvalue weighted by Crippen LogP contribution is 2.14. The van der Waals surface area contributed by atoms with Gasteiger partial charge in [-0.2, -0.15) is 0 Å². The van der Waals surface area contributed by atoms with Gasteiger partial charge < -0.3 is 5.73 Å². The normalized spacial score (nSPS) is 9.00. The Labute approximate surface area is 74.8 Å². The minimum atomic E-state index is -0.171. The molecule has 0 aromatic heterocycles. The number of carbonyl (C=O) groups excluding carboxylic acids is 1. The summed E-state index contributed by atoms with van der Waals surface area (Å²) in [5.74, 6) is -0.171. The fourth-order valence-electron chi connectivity index (χ4n) is 0.911. The highest BCUT2D eigenvalue weighted by molar-refractivity contribution is 5.98. The number of benzene rings is 1. The minimum Gasteiger partial charge on any atom is -0.324 e. The maximum Gasteiger partial charge on any atom is 0.176 e. The first-order valence-corrected chi connectivity index (χ1v) is 3.66. The van der Waals surface area contributed by atoms with E-state index in [0.717, 1.165) is 0 Å². The number of hydrogen-bond acceptors (Lipinski definition) is 3. The van der Waals surface area contributed by atoms with Crippen molar-refractivity contribution in [2.45, 2.75) is 0 Å². The quantitative estimate of drug-likeness (QED) is 0.329. The van der Waals surface area contributed by atoms with Gasteiger partial charge in [-0.05, 0) is 11.6 Å². The van der Waals surface area contributed by atoms with Gasteiger partial charge in [-0.15, -0.1) is 0 Å². The molecule has 2 N–H and O–H groups in total. The lowest BCUT2D eigenvalue weighted by molar-refractivity contribution is 0.100. The molecule has 0 aliphatic heterocycles. The predicted octanol–water partition coefficient (Wildman–Crippen LogP) is 1.77. The molecule has 66 valence electrons. The lowest BCUT2D eigenvalue weighted by Gasteiger charge is -1.97. The van der Waals surface area contributed by atoms with Gasteiger partial charge >= 0.3 is 0 Å². The van der Waals surface area contributed by atoms with E-state index in [0.29, 0.717) is 11.3 Å². The topological polar surface area (TPSA) is 91.9 Å². The highest BCUT2D eigenvalue weighted by Gasteiger charge is 2.02. The largest absolute Gasteiger partial charge is 0.324 e. The molecule has 1 aromatic carbocycles. The van der Waals surface area contributed by atoms with Gasteiger partial charge in [-0.1, -0.05) is 23.3 Å². The number of Topliss-reactive ketones (excluding diaryl/α,β-unsaturated/α-hetero) is 1. The van der Waals surface area contributed by atoms with Gasteiger partial charge in [-0.25, -0.2) is 0 Å². The molecule has 5 nitrogen and oxygen atoms in total. The Morgan fingerprint density at radius 1 is 1.62 bits per heavy atom. The van der Waals surface area contributed by atoms with Gasteiger partial charge in [0.25, 0.3) is 0 Å². The maximum atomic E-state index is 11.1.